The quantitative estimate of drug-likeness (QED) is 0.677. The summed E-state index contributed by atoms with van der Waals surface area (Å²) in [4.78, 5) is 11.3. The third-order valence-corrected chi connectivity index (χ3v) is 3.57. The maximum absolute atomic E-state index is 11.3. The van der Waals surface area contributed by atoms with Crippen molar-refractivity contribution in [2.45, 2.75) is 25.7 Å². The molecule has 1 heterocycles. The summed E-state index contributed by atoms with van der Waals surface area (Å²) in [5, 5.41) is 3.38. The van der Waals surface area contributed by atoms with Crippen molar-refractivity contribution in [3.8, 4) is 0 Å². The Morgan fingerprint density at radius 3 is 2.86 bits per heavy atom. The van der Waals surface area contributed by atoms with E-state index in [1.54, 1.807) is 0 Å². The second-order valence-corrected chi connectivity index (χ2v) is 4.39. The molecule has 1 saturated heterocycles. The van der Waals surface area contributed by atoms with Gasteiger partial charge in [-0.1, -0.05) is 0 Å². The Labute approximate surface area is 91.0 Å². The summed E-state index contributed by atoms with van der Waals surface area (Å²) in [5.74, 6) is 0.161. The Kier molecular flexibility index (Phi) is 3.78. The average molecular weight is 220 g/mol. The first kappa shape index (κ1) is 11.8. The standard InChI is InChI=1S/C10H17NO2.ClH/c1-13-9(12)8-2-3-10(6-8)4-5-11-7-10;/h8,11H,2-7H2,1H3;1H. The first-order valence-corrected chi connectivity index (χ1v) is 5.04. The highest BCUT2D eigenvalue weighted by Gasteiger charge is 2.43. The zero-order valence-electron chi connectivity index (χ0n) is 8.54. The van der Waals surface area contributed by atoms with E-state index in [0.29, 0.717) is 5.41 Å². The van der Waals surface area contributed by atoms with Crippen LogP contribution in [0.1, 0.15) is 25.7 Å². The van der Waals surface area contributed by atoms with E-state index in [4.69, 9.17) is 4.74 Å². The van der Waals surface area contributed by atoms with Crippen LogP contribution < -0.4 is 5.32 Å². The van der Waals surface area contributed by atoms with Crippen LogP contribution in [0, 0.1) is 11.3 Å². The maximum atomic E-state index is 11.3. The van der Waals surface area contributed by atoms with Gasteiger partial charge in [0.2, 0.25) is 0 Å². The molecule has 3 nitrogen and oxygen atoms in total. The van der Waals surface area contributed by atoms with Gasteiger partial charge in [-0.2, -0.15) is 0 Å². The van der Waals surface area contributed by atoms with Crippen LogP contribution >= 0.6 is 12.4 Å². The molecular weight excluding hydrogens is 202 g/mol. The molecule has 4 heteroatoms. The topological polar surface area (TPSA) is 38.3 Å². The van der Waals surface area contributed by atoms with Gasteiger partial charge in [0.15, 0.2) is 0 Å². The highest BCUT2D eigenvalue weighted by Crippen LogP contribution is 2.46. The number of carbonyl (C=O) groups excluding carboxylic acids is 1. The van der Waals surface area contributed by atoms with Crippen molar-refractivity contribution in [3.05, 3.63) is 0 Å². The Morgan fingerprint density at radius 2 is 2.29 bits per heavy atom. The van der Waals surface area contributed by atoms with Gasteiger partial charge >= 0.3 is 5.97 Å². The van der Waals surface area contributed by atoms with Crippen LogP contribution in [-0.2, 0) is 9.53 Å². The Bertz CT molecular complexity index is 214. The lowest BCUT2D eigenvalue weighted by molar-refractivity contribution is -0.145. The predicted octanol–water partition coefficient (Wildman–Crippen LogP) is 1.36. The summed E-state index contributed by atoms with van der Waals surface area (Å²) in [6.45, 7) is 2.22. The number of hydrogen-bond acceptors (Lipinski definition) is 3. The van der Waals surface area contributed by atoms with Crippen molar-refractivity contribution in [2.75, 3.05) is 20.2 Å². The van der Waals surface area contributed by atoms with E-state index in [-0.39, 0.29) is 24.3 Å². The molecule has 1 N–H and O–H groups in total. The number of methoxy groups -OCH3 is 1. The largest absolute Gasteiger partial charge is 0.469 e. The number of rotatable bonds is 1. The van der Waals surface area contributed by atoms with Crippen molar-refractivity contribution in [1.29, 1.82) is 0 Å². The van der Waals surface area contributed by atoms with Crippen LogP contribution in [0.25, 0.3) is 0 Å². The summed E-state index contributed by atoms with van der Waals surface area (Å²) < 4.78 is 4.78. The van der Waals surface area contributed by atoms with Gasteiger partial charge in [0.1, 0.15) is 0 Å². The molecule has 1 spiro atoms. The van der Waals surface area contributed by atoms with Crippen LogP contribution in [0.3, 0.4) is 0 Å². The molecule has 14 heavy (non-hydrogen) atoms. The minimum absolute atomic E-state index is 0. The molecule has 2 aliphatic rings. The van der Waals surface area contributed by atoms with E-state index in [1.165, 1.54) is 20.0 Å². The summed E-state index contributed by atoms with van der Waals surface area (Å²) in [7, 11) is 1.49. The van der Waals surface area contributed by atoms with E-state index in [1.807, 2.05) is 0 Å². The summed E-state index contributed by atoms with van der Waals surface area (Å²) >= 11 is 0. The van der Waals surface area contributed by atoms with Gasteiger partial charge in [-0.15, -0.1) is 12.4 Å². The SMILES string of the molecule is COC(=O)C1CCC2(CCNC2)C1.Cl. The van der Waals surface area contributed by atoms with Gasteiger partial charge in [0.25, 0.3) is 0 Å². The second-order valence-electron chi connectivity index (χ2n) is 4.39. The molecule has 0 radical (unpaired) electrons. The number of nitrogens with one attached hydrogen (secondary N) is 1. The van der Waals surface area contributed by atoms with Crippen LogP contribution in [0.5, 0.6) is 0 Å². The monoisotopic (exact) mass is 219 g/mol. The molecule has 0 amide bonds. The number of carbonyl (C=O) groups is 1. The van der Waals surface area contributed by atoms with E-state index >= 15 is 0 Å². The lowest BCUT2D eigenvalue weighted by Crippen LogP contribution is -2.22. The van der Waals surface area contributed by atoms with Crippen molar-refractivity contribution in [1.82, 2.24) is 5.32 Å². The molecule has 2 unspecified atom stereocenters. The molecule has 2 fully saturated rings. The van der Waals surface area contributed by atoms with Crippen LogP contribution in [0.2, 0.25) is 0 Å². The third kappa shape index (κ3) is 2.04. The van der Waals surface area contributed by atoms with Gasteiger partial charge in [-0.3, -0.25) is 4.79 Å². The first-order valence-electron chi connectivity index (χ1n) is 5.04. The van der Waals surface area contributed by atoms with Gasteiger partial charge in [-0.25, -0.2) is 0 Å². The number of halogens is 1. The normalized spacial score (nSPS) is 35.6. The van der Waals surface area contributed by atoms with Crippen LogP contribution in [0.4, 0.5) is 0 Å². The van der Waals surface area contributed by atoms with E-state index < -0.39 is 0 Å². The molecule has 1 saturated carbocycles. The van der Waals surface area contributed by atoms with E-state index in [9.17, 15) is 4.79 Å². The van der Waals surface area contributed by atoms with Gasteiger partial charge < -0.3 is 10.1 Å². The third-order valence-electron chi connectivity index (χ3n) is 3.57. The fraction of sp³-hybridized carbons (Fsp3) is 0.900. The molecule has 0 bridgehead atoms. The van der Waals surface area contributed by atoms with Crippen LogP contribution in [-0.4, -0.2) is 26.2 Å². The van der Waals surface area contributed by atoms with Crippen molar-refractivity contribution in [2.24, 2.45) is 11.3 Å². The molecule has 0 aromatic heterocycles. The molecular formula is C10H18ClNO2. The Morgan fingerprint density at radius 1 is 1.50 bits per heavy atom. The molecule has 1 aliphatic carbocycles. The lowest BCUT2D eigenvalue weighted by Gasteiger charge is -2.20. The minimum Gasteiger partial charge on any atom is -0.469 e. The van der Waals surface area contributed by atoms with Gasteiger partial charge in [-0.05, 0) is 37.6 Å². The lowest BCUT2D eigenvalue weighted by atomic mass is 9.84. The fourth-order valence-electron chi connectivity index (χ4n) is 2.76. The number of esters is 1. The summed E-state index contributed by atoms with van der Waals surface area (Å²) in [5.41, 5.74) is 0.429. The molecule has 82 valence electrons. The van der Waals surface area contributed by atoms with Crippen LogP contribution in [0.15, 0.2) is 0 Å². The Hall–Kier alpha value is -0.280. The van der Waals surface area contributed by atoms with Gasteiger partial charge in [0.05, 0.1) is 13.0 Å². The molecule has 0 aromatic carbocycles. The predicted molar refractivity (Wildman–Crippen MR) is 56.5 cm³/mol. The molecule has 1 aliphatic heterocycles. The zero-order chi connectivity index (χ0) is 9.31. The first-order chi connectivity index (χ1) is 6.26. The van der Waals surface area contributed by atoms with Gasteiger partial charge in [0, 0.05) is 6.54 Å². The summed E-state index contributed by atoms with van der Waals surface area (Å²) in [6, 6.07) is 0. The average Bonchev–Trinajstić information content (AvgIpc) is 2.76. The van der Waals surface area contributed by atoms with Crippen molar-refractivity contribution < 1.29 is 9.53 Å². The van der Waals surface area contributed by atoms with Crippen molar-refractivity contribution in [3.63, 3.8) is 0 Å². The minimum atomic E-state index is -0.0104. The smallest absolute Gasteiger partial charge is 0.308 e. The Balaban J connectivity index is 0.000000980. The zero-order valence-corrected chi connectivity index (χ0v) is 9.36. The molecule has 0 aromatic rings. The molecule has 2 atom stereocenters. The maximum Gasteiger partial charge on any atom is 0.308 e. The van der Waals surface area contributed by atoms with Crippen molar-refractivity contribution >= 4 is 18.4 Å². The second kappa shape index (κ2) is 4.49. The number of hydrogen-bond donors (Lipinski definition) is 1. The molecule has 2 rings (SSSR count). The number of ether oxygens (including phenoxy) is 1. The summed E-state index contributed by atoms with van der Waals surface area (Å²) in [6.07, 6.45) is 4.49. The van der Waals surface area contributed by atoms with E-state index in [2.05, 4.69) is 5.32 Å². The fourth-order valence-corrected chi connectivity index (χ4v) is 2.76. The highest BCUT2D eigenvalue weighted by molar-refractivity contribution is 5.85. The highest BCUT2D eigenvalue weighted by atomic mass is 35.5. The van der Waals surface area contributed by atoms with E-state index in [0.717, 1.165) is 25.9 Å².